The molecule has 0 radical (unpaired) electrons. The lowest BCUT2D eigenvalue weighted by Gasteiger charge is -2.15. The molecule has 2 nitrogen and oxygen atoms in total. The van der Waals surface area contributed by atoms with E-state index in [0.717, 1.165) is 18.4 Å². The van der Waals surface area contributed by atoms with Crippen molar-refractivity contribution in [3.05, 3.63) is 57.2 Å². The molecule has 19 heavy (non-hydrogen) atoms. The Morgan fingerprint density at radius 1 is 1.26 bits per heavy atom. The maximum Gasteiger partial charge on any atom is 0.230 e. The highest BCUT2D eigenvalue weighted by atomic mass is 35.5. The quantitative estimate of drug-likeness (QED) is 0.913. The zero-order valence-corrected chi connectivity index (χ0v) is 11.9. The van der Waals surface area contributed by atoms with E-state index in [1.807, 2.05) is 41.8 Å². The van der Waals surface area contributed by atoms with E-state index in [1.165, 1.54) is 4.88 Å². The van der Waals surface area contributed by atoms with Crippen LogP contribution in [-0.2, 0) is 16.8 Å². The number of hydrogen-bond donors (Lipinski definition) is 1. The maximum absolute atomic E-state index is 12.4. The highest BCUT2D eigenvalue weighted by molar-refractivity contribution is 7.09. The number of thiophene rings is 1. The molecule has 1 amide bonds. The monoisotopic (exact) mass is 291 g/mol. The van der Waals surface area contributed by atoms with Crippen molar-refractivity contribution in [2.24, 2.45) is 0 Å². The molecule has 1 aliphatic rings. The molecule has 0 aliphatic heterocycles. The van der Waals surface area contributed by atoms with Crippen molar-refractivity contribution in [2.75, 3.05) is 0 Å². The van der Waals surface area contributed by atoms with Crippen molar-refractivity contribution >= 4 is 28.8 Å². The van der Waals surface area contributed by atoms with Crippen LogP contribution in [0.4, 0.5) is 0 Å². The average molecular weight is 292 g/mol. The highest BCUT2D eigenvalue weighted by Gasteiger charge is 2.50. The molecule has 1 N–H and O–H groups in total. The largest absolute Gasteiger partial charge is 0.350 e. The van der Waals surface area contributed by atoms with Gasteiger partial charge in [0, 0.05) is 9.90 Å². The summed E-state index contributed by atoms with van der Waals surface area (Å²) in [4.78, 5) is 13.5. The van der Waals surface area contributed by atoms with Gasteiger partial charge in [0.2, 0.25) is 5.91 Å². The number of amides is 1. The lowest BCUT2D eigenvalue weighted by atomic mass is 9.95. The van der Waals surface area contributed by atoms with Crippen LogP contribution < -0.4 is 5.32 Å². The van der Waals surface area contributed by atoms with E-state index < -0.39 is 0 Å². The number of benzene rings is 1. The van der Waals surface area contributed by atoms with Gasteiger partial charge in [0.1, 0.15) is 0 Å². The van der Waals surface area contributed by atoms with Crippen molar-refractivity contribution in [1.82, 2.24) is 5.32 Å². The Bertz CT molecular complexity index is 573. The molecule has 0 bridgehead atoms. The third kappa shape index (κ3) is 2.53. The minimum atomic E-state index is -0.318. The summed E-state index contributed by atoms with van der Waals surface area (Å²) in [7, 11) is 0. The molecule has 1 heterocycles. The normalized spacial score (nSPS) is 16.1. The van der Waals surface area contributed by atoms with Crippen LogP contribution in [0, 0.1) is 0 Å². The Hall–Kier alpha value is -1.32. The van der Waals surface area contributed by atoms with Gasteiger partial charge in [0.25, 0.3) is 0 Å². The molecule has 3 rings (SSSR count). The van der Waals surface area contributed by atoms with Crippen molar-refractivity contribution in [2.45, 2.75) is 24.8 Å². The van der Waals surface area contributed by atoms with Gasteiger partial charge in [-0.05, 0) is 42.0 Å². The highest BCUT2D eigenvalue weighted by Crippen LogP contribution is 2.48. The van der Waals surface area contributed by atoms with E-state index in [2.05, 4.69) is 5.32 Å². The fraction of sp³-hybridized carbons (Fsp3) is 0.267. The van der Waals surface area contributed by atoms with Gasteiger partial charge in [-0.15, -0.1) is 11.3 Å². The molecular formula is C15H14ClNOS. The number of rotatable bonds is 4. The maximum atomic E-state index is 12.4. The summed E-state index contributed by atoms with van der Waals surface area (Å²) in [5.74, 6) is 0.128. The number of halogens is 1. The Labute approximate surface area is 121 Å². The fourth-order valence-corrected chi connectivity index (χ4v) is 3.06. The van der Waals surface area contributed by atoms with Gasteiger partial charge < -0.3 is 5.32 Å². The Kier molecular flexibility index (Phi) is 3.33. The molecule has 1 aromatic carbocycles. The number of carbonyl (C=O) groups excluding carboxylic acids is 1. The molecule has 1 aliphatic carbocycles. The van der Waals surface area contributed by atoms with Crippen LogP contribution in [0.1, 0.15) is 23.3 Å². The molecule has 4 heteroatoms. The molecule has 0 saturated heterocycles. The van der Waals surface area contributed by atoms with Crippen molar-refractivity contribution in [1.29, 1.82) is 0 Å². The van der Waals surface area contributed by atoms with E-state index in [4.69, 9.17) is 11.6 Å². The summed E-state index contributed by atoms with van der Waals surface area (Å²) in [6, 6.07) is 11.7. The average Bonchev–Trinajstić information content (AvgIpc) is 3.07. The molecule has 1 aromatic heterocycles. The van der Waals surface area contributed by atoms with Crippen LogP contribution >= 0.6 is 22.9 Å². The standard InChI is InChI=1S/C15H14ClNOS/c16-12-5-3-11(4-6-12)15(7-8-15)14(18)17-10-13-2-1-9-19-13/h1-6,9H,7-8,10H2,(H,17,18). The lowest BCUT2D eigenvalue weighted by molar-refractivity contribution is -0.123. The van der Waals surface area contributed by atoms with Gasteiger partial charge in [-0.2, -0.15) is 0 Å². The number of nitrogens with one attached hydrogen (secondary N) is 1. The summed E-state index contributed by atoms with van der Waals surface area (Å²) in [6.07, 6.45) is 1.84. The number of hydrogen-bond acceptors (Lipinski definition) is 2. The van der Waals surface area contributed by atoms with Gasteiger partial charge in [-0.25, -0.2) is 0 Å². The van der Waals surface area contributed by atoms with E-state index in [0.29, 0.717) is 11.6 Å². The molecule has 1 fully saturated rings. The summed E-state index contributed by atoms with van der Waals surface area (Å²) in [5.41, 5.74) is 0.752. The van der Waals surface area contributed by atoms with Gasteiger partial charge in [0.05, 0.1) is 12.0 Å². The van der Waals surface area contributed by atoms with Crippen LogP contribution in [0.2, 0.25) is 5.02 Å². The topological polar surface area (TPSA) is 29.1 Å². The molecule has 0 atom stereocenters. The zero-order valence-electron chi connectivity index (χ0n) is 10.4. The van der Waals surface area contributed by atoms with Crippen LogP contribution in [0.15, 0.2) is 41.8 Å². The summed E-state index contributed by atoms with van der Waals surface area (Å²) in [6.45, 7) is 0.617. The zero-order chi connectivity index (χ0) is 13.3. The molecule has 98 valence electrons. The lowest BCUT2D eigenvalue weighted by Crippen LogP contribution is -2.34. The first-order valence-corrected chi connectivity index (χ1v) is 7.53. The van der Waals surface area contributed by atoms with E-state index in [9.17, 15) is 4.79 Å². The first kappa shape index (κ1) is 12.7. The number of carbonyl (C=O) groups is 1. The van der Waals surface area contributed by atoms with Crippen LogP contribution in [0.5, 0.6) is 0 Å². The third-order valence-electron chi connectivity index (χ3n) is 3.58. The molecule has 0 unspecified atom stereocenters. The van der Waals surface area contributed by atoms with Gasteiger partial charge in [-0.3, -0.25) is 4.79 Å². The molecule has 0 spiro atoms. The van der Waals surface area contributed by atoms with Crippen molar-refractivity contribution < 1.29 is 4.79 Å². The summed E-state index contributed by atoms with van der Waals surface area (Å²) >= 11 is 7.55. The Morgan fingerprint density at radius 2 is 2.00 bits per heavy atom. The van der Waals surface area contributed by atoms with Gasteiger partial charge in [0.15, 0.2) is 0 Å². The molecule has 2 aromatic rings. The van der Waals surface area contributed by atoms with Crippen molar-refractivity contribution in [3.8, 4) is 0 Å². The molecular weight excluding hydrogens is 278 g/mol. The van der Waals surface area contributed by atoms with Crippen molar-refractivity contribution in [3.63, 3.8) is 0 Å². The third-order valence-corrected chi connectivity index (χ3v) is 4.71. The second-order valence-corrected chi connectivity index (χ2v) is 6.32. The second-order valence-electron chi connectivity index (χ2n) is 4.85. The first-order valence-electron chi connectivity index (χ1n) is 6.27. The predicted molar refractivity (Wildman–Crippen MR) is 78.5 cm³/mol. The van der Waals surface area contributed by atoms with Gasteiger partial charge in [-0.1, -0.05) is 29.8 Å². The predicted octanol–water partition coefficient (Wildman–Crippen LogP) is 3.75. The Balaban J connectivity index is 1.70. The van der Waals surface area contributed by atoms with Crippen LogP contribution in [0.3, 0.4) is 0 Å². The fourth-order valence-electron chi connectivity index (χ4n) is 2.29. The van der Waals surface area contributed by atoms with E-state index >= 15 is 0 Å². The second kappa shape index (κ2) is 4.99. The first-order chi connectivity index (χ1) is 9.21. The van der Waals surface area contributed by atoms with Crippen LogP contribution in [-0.4, -0.2) is 5.91 Å². The minimum absolute atomic E-state index is 0.128. The smallest absolute Gasteiger partial charge is 0.230 e. The SMILES string of the molecule is O=C(NCc1cccs1)C1(c2ccc(Cl)cc2)CC1. The Morgan fingerprint density at radius 3 is 2.58 bits per heavy atom. The summed E-state index contributed by atoms with van der Waals surface area (Å²) < 4.78 is 0. The summed E-state index contributed by atoms with van der Waals surface area (Å²) in [5, 5.41) is 5.77. The molecule has 1 saturated carbocycles. The van der Waals surface area contributed by atoms with E-state index in [1.54, 1.807) is 11.3 Å². The van der Waals surface area contributed by atoms with E-state index in [-0.39, 0.29) is 11.3 Å². The van der Waals surface area contributed by atoms with Gasteiger partial charge >= 0.3 is 0 Å². The minimum Gasteiger partial charge on any atom is -0.350 e. The van der Waals surface area contributed by atoms with Crippen LogP contribution in [0.25, 0.3) is 0 Å².